The summed E-state index contributed by atoms with van der Waals surface area (Å²) >= 11 is 3.43. The zero-order chi connectivity index (χ0) is 11.3. The first-order valence-corrected chi connectivity index (χ1v) is 5.76. The summed E-state index contributed by atoms with van der Waals surface area (Å²) in [7, 11) is 0. The highest BCUT2D eigenvalue weighted by Crippen LogP contribution is 2.18. The molecule has 0 bridgehead atoms. The molecule has 15 heavy (non-hydrogen) atoms. The van der Waals surface area contributed by atoms with Gasteiger partial charge in [-0.1, -0.05) is 28.1 Å². The molecule has 1 unspecified atom stereocenters. The molecule has 3 N–H and O–H groups in total. The first-order valence-electron chi connectivity index (χ1n) is 4.96. The molecule has 0 radical (unpaired) electrons. The number of hydrazine groups is 1. The van der Waals surface area contributed by atoms with E-state index in [-0.39, 0.29) is 12.1 Å². The molecule has 0 amide bonds. The van der Waals surface area contributed by atoms with Crippen molar-refractivity contribution in [3.63, 3.8) is 0 Å². The zero-order valence-corrected chi connectivity index (χ0v) is 10.6. The van der Waals surface area contributed by atoms with E-state index in [1.54, 1.807) is 0 Å². The summed E-state index contributed by atoms with van der Waals surface area (Å²) in [6, 6.07) is 8.07. The quantitative estimate of drug-likeness (QED) is 0.639. The van der Waals surface area contributed by atoms with Gasteiger partial charge in [-0.25, -0.2) is 0 Å². The van der Waals surface area contributed by atoms with E-state index in [1.165, 1.54) is 0 Å². The molecule has 0 spiro atoms. The molecule has 1 atom stereocenters. The second-order valence-electron chi connectivity index (χ2n) is 3.66. The van der Waals surface area contributed by atoms with Gasteiger partial charge in [0.25, 0.3) is 0 Å². The van der Waals surface area contributed by atoms with Gasteiger partial charge in [-0.3, -0.25) is 11.3 Å². The van der Waals surface area contributed by atoms with Crippen LogP contribution in [-0.2, 0) is 4.74 Å². The Balaban J connectivity index is 2.65. The van der Waals surface area contributed by atoms with Crippen LogP contribution in [0.2, 0.25) is 0 Å². The third-order valence-electron chi connectivity index (χ3n) is 2.05. The molecular formula is C11H17BrN2O. The van der Waals surface area contributed by atoms with Gasteiger partial charge in [-0.2, -0.15) is 0 Å². The first-order chi connectivity index (χ1) is 7.13. The fraction of sp³-hybridized carbons (Fsp3) is 0.455. The molecular weight excluding hydrogens is 256 g/mol. The minimum Gasteiger partial charge on any atom is -0.377 e. The van der Waals surface area contributed by atoms with E-state index in [0.29, 0.717) is 6.61 Å². The summed E-state index contributed by atoms with van der Waals surface area (Å²) in [5, 5.41) is 0. The Hall–Kier alpha value is -0.420. The van der Waals surface area contributed by atoms with Crippen LogP contribution in [0.5, 0.6) is 0 Å². The van der Waals surface area contributed by atoms with Crippen molar-refractivity contribution in [2.75, 3.05) is 6.61 Å². The van der Waals surface area contributed by atoms with Gasteiger partial charge in [0.05, 0.1) is 18.8 Å². The highest BCUT2D eigenvalue weighted by atomic mass is 79.9. The molecule has 3 nitrogen and oxygen atoms in total. The Morgan fingerprint density at radius 3 is 2.73 bits per heavy atom. The first kappa shape index (κ1) is 12.6. The number of hydrogen-bond donors (Lipinski definition) is 2. The average Bonchev–Trinajstić information content (AvgIpc) is 2.18. The molecule has 0 saturated heterocycles. The Bertz CT molecular complexity index is 304. The number of benzene rings is 1. The van der Waals surface area contributed by atoms with Crippen LogP contribution >= 0.6 is 15.9 Å². The van der Waals surface area contributed by atoms with E-state index in [4.69, 9.17) is 10.6 Å². The lowest BCUT2D eigenvalue weighted by molar-refractivity contribution is 0.0611. The van der Waals surface area contributed by atoms with Crippen molar-refractivity contribution in [2.45, 2.75) is 26.0 Å². The Kier molecular flexibility index (Phi) is 5.25. The second kappa shape index (κ2) is 6.23. The molecule has 0 fully saturated rings. The average molecular weight is 273 g/mol. The van der Waals surface area contributed by atoms with Crippen molar-refractivity contribution in [3.05, 3.63) is 34.3 Å². The van der Waals surface area contributed by atoms with Crippen molar-refractivity contribution in [1.29, 1.82) is 0 Å². The van der Waals surface area contributed by atoms with Gasteiger partial charge in [-0.05, 0) is 31.5 Å². The molecule has 0 aliphatic rings. The minimum atomic E-state index is 0.0323. The van der Waals surface area contributed by atoms with Crippen LogP contribution in [0.25, 0.3) is 0 Å². The summed E-state index contributed by atoms with van der Waals surface area (Å²) in [6.45, 7) is 4.59. The standard InChI is InChI=1S/C11H17BrN2O/c1-8(2)15-7-11(14-13)9-4-3-5-10(12)6-9/h3-6,8,11,14H,7,13H2,1-2H3. The normalized spacial score (nSPS) is 13.1. The molecule has 0 aromatic heterocycles. The van der Waals surface area contributed by atoms with Crippen molar-refractivity contribution in [1.82, 2.24) is 5.43 Å². The maximum absolute atomic E-state index is 5.53. The van der Waals surface area contributed by atoms with Gasteiger partial charge in [0, 0.05) is 4.47 Å². The van der Waals surface area contributed by atoms with Crippen molar-refractivity contribution in [3.8, 4) is 0 Å². The van der Waals surface area contributed by atoms with E-state index in [2.05, 4.69) is 21.4 Å². The molecule has 0 heterocycles. The summed E-state index contributed by atoms with van der Waals surface area (Å²) < 4.78 is 6.58. The Labute approximate surface area is 99.1 Å². The predicted octanol–water partition coefficient (Wildman–Crippen LogP) is 2.38. The SMILES string of the molecule is CC(C)OCC(NN)c1cccc(Br)c1. The van der Waals surface area contributed by atoms with Crippen LogP contribution in [-0.4, -0.2) is 12.7 Å². The third kappa shape index (κ3) is 4.30. The molecule has 1 aromatic carbocycles. The number of halogens is 1. The molecule has 1 rings (SSSR count). The minimum absolute atomic E-state index is 0.0323. The van der Waals surface area contributed by atoms with Crippen molar-refractivity contribution < 1.29 is 4.74 Å². The molecule has 1 aromatic rings. The van der Waals surface area contributed by atoms with Gasteiger partial charge in [0.15, 0.2) is 0 Å². The van der Waals surface area contributed by atoms with Crippen molar-refractivity contribution in [2.24, 2.45) is 5.84 Å². The van der Waals surface area contributed by atoms with E-state index in [1.807, 2.05) is 38.1 Å². The lowest BCUT2D eigenvalue weighted by Gasteiger charge is -2.18. The molecule has 0 aliphatic heterocycles. The lowest BCUT2D eigenvalue weighted by atomic mass is 10.1. The summed E-state index contributed by atoms with van der Waals surface area (Å²) in [5.41, 5.74) is 3.87. The van der Waals surface area contributed by atoms with Crippen molar-refractivity contribution >= 4 is 15.9 Å². The molecule has 0 saturated carbocycles. The van der Waals surface area contributed by atoms with Crippen LogP contribution in [0.1, 0.15) is 25.5 Å². The fourth-order valence-corrected chi connectivity index (χ4v) is 1.67. The highest BCUT2D eigenvalue weighted by molar-refractivity contribution is 9.10. The van der Waals surface area contributed by atoms with Crippen LogP contribution < -0.4 is 11.3 Å². The van der Waals surface area contributed by atoms with Crippen LogP contribution in [0.4, 0.5) is 0 Å². The maximum Gasteiger partial charge on any atom is 0.0694 e. The number of nitrogens with two attached hydrogens (primary N) is 1. The fourth-order valence-electron chi connectivity index (χ4n) is 1.25. The molecule has 0 aliphatic carbocycles. The number of ether oxygens (including phenoxy) is 1. The number of hydrogen-bond acceptors (Lipinski definition) is 3. The van der Waals surface area contributed by atoms with Gasteiger partial charge in [-0.15, -0.1) is 0 Å². The maximum atomic E-state index is 5.53. The Morgan fingerprint density at radius 1 is 1.47 bits per heavy atom. The Morgan fingerprint density at radius 2 is 2.20 bits per heavy atom. The third-order valence-corrected chi connectivity index (χ3v) is 2.54. The van der Waals surface area contributed by atoms with E-state index >= 15 is 0 Å². The van der Waals surface area contributed by atoms with E-state index in [9.17, 15) is 0 Å². The van der Waals surface area contributed by atoms with E-state index < -0.39 is 0 Å². The van der Waals surface area contributed by atoms with Crippen LogP contribution in [0.3, 0.4) is 0 Å². The summed E-state index contributed by atoms with van der Waals surface area (Å²) in [4.78, 5) is 0. The van der Waals surface area contributed by atoms with Gasteiger partial charge >= 0.3 is 0 Å². The number of nitrogens with one attached hydrogen (secondary N) is 1. The highest BCUT2D eigenvalue weighted by Gasteiger charge is 2.10. The lowest BCUT2D eigenvalue weighted by Crippen LogP contribution is -2.32. The van der Waals surface area contributed by atoms with Gasteiger partial charge in [0.1, 0.15) is 0 Å². The molecule has 84 valence electrons. The largest absolute Gasteiger partial charge is 0.377 e. The molecule has 4 heteroatoms. The van der Waals surface area contributed by atoms with Gasteiger partial charge < -0.3 is 4.74 Å². The smallest absolute Gasteiger partial charge is 0.0694 e. The van der Waals surface area contributed by atoms with Crippen LogP contribution in [0, 0.1) is 0 Å². The predicted molar refractivity (Wildman–Crippen MR) is 65.3 cm³/mol. The zero-order valence-electron chi connectivity index (χ0n) is 9.03. The summed E-state index contributed by atoms with van der Waals surface area (Å²) in [5.74, 6) is 5.50. The van der Waals surface area contributed by atoms with Crippen LogP contribution in [0.15, 0.2) is 28.7 Å². The van der Waals surface area contributed by atoms with Gasteiger partial charge in [0.2, 0.25) is 0 Å². The second-order valence-corrected chi connectivity index (χ2v) is 4.57. The monoisotopic (exact) mass is 272 g/mol. The summed E-state index contributed by atoms with van der Waals surface area (Å²) in [6.07, 6.45) is 0.216. The topological polar surface area (TPSA) is 47.3 Å². The number of rotatable bonds is 5. The van der Waals surface area contributed by atoms with E-state index in [0.717, 1.165) is 10.0 Å².